The average molecular weight is 181 g/mol. The fraction of sp³-hybridized carbons (Fsp3) is 0.300. The van der Waals surface area contributed by atoms with E-state index in [-0.39, 0.29) is 5.84 Å². The van der Waals surface area contributed by atoms with Crippen LogP contribution in [-0.4, -0.2) is 12.9 Å². The molecule has 0 saturated heterocycles. The molecule has 0 atom stereocenters. The molecule has 13 heavy (non-hydrogen) atoms. The highest BCUT2D eigenvalue weighted by Crippen LogP contribution is 1.94. The Morgan fingerprint density at radius 1 is 1.08 bits per heavy atom. The zero-order chi connectivity index (χ0) is 10.7. The van der Waals surface area contributed by atoms with Crippen molar-refractivity contribution in [1.82, 2.24) is 0 Å². The van der Waals surface area contributed by atoms with Gasteiger partial charge in [0, 0.05) is 5.56 Å². The third-order valence-electron chi connectivity index (χ3n) is 1.08. The van der Waals surface area contributed by atoms with Crippen molar-refractivity contribution in [2.45, 2.75) is 13.8 Å². The topological polar surface area (TPSA) is 75.9 Å². The van der Waals surface area contributed by atoms with Crippen molar-refractivity contribution in [3.8, 4) is 0 Å². The maximum atomic E-state index is 7.01. The molecule has 1 aromatic rings. The van der Waals surface area contributed by atoms with Gasteiger partial charge in [0.25, 0.3) is 0 Å². The molecular weight excluding hydrogens is 162 g/mol. The number of benzene rings is 1. The van der Waals surface area contributed by atoms with E-state index in [1.165, 1.54) is 7.05 Å². The first-order chi connectivity index (χ1) is 6.30. The lowest BCUT2D eigenvalue weighted by Crippen LogP contribution is -2.10. The van der Waals surface area contributed by atoms with Crippen LogP contribution in [0.3, 0.4) is 0 Å². The minimum atomic E-state index is 0.121. The predicted octanol–water partition coefficient (Wildman–Crippen LogP) is 1.57. The quantitative estimate of drug-likeness (QED) is 0.454. The van der Waals surface area contributed by atoms with Crippen molar-refractivity contribution >= 4 is 5.84 Å². The molecule has 74 valence electrons. The molecule has 0 amide bonds. The molecule has 0 aliphatic rings. The standard InChI is InChI=1S/C7H8N2.C2H6.CH5N/c8-7(9)6-4-2-1-3-5-6;2*1-2/h1-5H,(H3,8,9);1-2H3;2H2,1H3. The van der Waals surface area contributed by atoms with Crippen molar-refractivity contribution in [2.24, 2.45) is 11.5 Å². The predicted molar refractivity (Wildman–Crippen MR) is 58.9 cm³/mol. The molecule has 5 N–H and O–H groups in total. The second-order valence-corrected chi connectivity index (χ2v) is 1.78. The third-order valence-corrected chi connectivity index (χ3v) is 1.08. The minimum Gasteiger partial charge on any atom is -0.384 e. The molecule has 0 bridgehead atoms. The zero-order valence-electron chi connectivity index (χ0n) is 8.54. The summed E-state index contributed by atoms with van der Waals surface area (Å²) in [5.74, 6) is 0.121. The fourth-order valence-corrected chi connectivity index (χ4v) is 0.618. The molecule has 0 fully saturated rings. The van der Waals surface area contributed by atoms with Gasteiger partial charge < -0.3 is 11.5 Å². The van der Waals surface area contributed by atoms with Gasteiger partial charge in [0.2, 0.25) is 0 Å². The van der Waals surface area contributed by atoms with Crippen molar-refractivity contribution in [3.63, 3.8) is 0 Å². The highest BCUT2D eigenvalue weighted by atomic mass is 14.7. The fourth-order valence-electron chi connectivity index (χ4n) is 0.618. The van der Waals surface area contributed by atoms with E-state index in [9.17, 15) is 0 Å². The van der Waals surface area contributed by atoms with Crippen molar-refractivity contribution in [1.29, 1.82) is 5.41 Å². The highest BCUT2D eigenvalue weighted by Gasteiger charge is 1.89. The molecule has 0 aliphatic heterocycles. The zero-order valence-corrected chi connectivity index (χ0v) is 8.54. The maximum Gasteiger partial charge on any atom is 0.122 e. The van der Waals surface area contributed by atoms with Crippen LogP contribution in [0.15, 0.2) is 30.3 Å². The van der Waals surface area contributed by atoms with Crippen LogP contribution in [0.5, 0.6) is 0 Å². The molecule has 0 saturated carbocycles. The van der Waals surface area contributed by atoms with Crippen molar-refractivity contribution in [2.75, 3.05) is 7.05 Å². The SMILES string of the molecule is CC.CN.N=C(N)c1ccccc1. The van der Waals surface area contributed by atoms with Gasteiger partial charge in [0.1, 0.15) is 5.84 Å². The Morgan fingerprint density at radius 2 is 1.46 bits per heavy atom. The monoisotopic (exact) mass is 181 g/mol. The Bertz CT molecular complexity index is 207. The van der Waals surface area contributed by atoms with Crippen LogP contribution in [0, 0.1) is 5.41 Å². The van der Waals surface area contributed by atoms with Crippen LogP contribution < -0.4 is 11.5 Å². The first kappa shape index (κ1) is 14.2. The summed E-state index contributed by atoms with van der Waals surface area (Å²) in [6.45, 7) is 4.00. The number of hydrogen-bond acceptors (Lipinski definition) is 2. The molecule has 0 unspecified atom stereocenters. The molecular formula is C10H19N3. The summed E-state index contributed by atoms with van der Waals surface area (Å²) in [4.78, 5) is 0. The molecule has 0 spiro atoms. The Hall–Kier alpha value is -1.35. The number of rotatable bonds is 1. The van der Waals surface area contributed by atoms with Gasteiger partial charge in [0.15, 0.2) is 0 Å². The third kappa shape index (κ3) is 7.03. The van der Waals surface area contributed by atoms with Crippen LogP contribution in [0.4, 0.5) is 0 Å². The van der Waals surface area contributed by atoms with Crippen molar-refractivity contribution < 1.29 is 0 Å². The normalized spacial score (nSPS) is 7.08. The summed E-state index contributed by atoms with van der Waals surface area (Å²) < 4.78 is 0. The molecule has 1 rings (SSSR count). The molecule has 1 aromatic carbocycles. The van der Waals surface area contributed by atoms with Crippen molar-refractivity contribution in [3.05, 3.63) is 35.9 Å². The molecule has 3 heteroatoms. The van der Waals surface area contributed by atoms with E-state index in [1.807, 2.05) is 44.2 Å². The van der Waals surface area contributed by atoms with Gasteiger partial charge in [-0.15, -0.1) is 0 Å². The minimum absolute atomic E-state index is 0.121. The molecule has 3 nitrogen and oxygen atoms in total. The first-order valence-corrected chi connectivity index (χ1v) is 4.28. The smallest absolute Gasteiger partial charge is 0.122 e. The molecule has 0 radical (unpaired) electrons. The maximum absolute atomic E-state index is 7.01. The number of hydrogen-bond donors (Lipinski definition) is 3. The van der Waals surface area contributed by atoms with E-state index < -0.39 is 0 Å². The number of nitrogen functional groups attached to an aromatic ring is 1. The lowest BCUT2D eigenvalue weighted by molar-refractivity contribution is 1.42. The molecule has 0 aromatic heterocycles. The van der Waals surface area contributed by atoms with E-state index >= 15 is 0 Å². The van der Waals surface area contributed by atoms with E-state index in [1.54, 1.807) is 0 Å². The van der Waals surface area contributed by atoms with Crippen LogP contribution >= 0.6 is 0 Å². The van der Waals surface area contributed by atoms with E-state index in [4.69, 9.17) is 11.1 Å². The lowest BCUT2D eigenvalue weighted by atomic mass is 10.2. The van der Waals surface area contributed by atoms with Crippen LogP contribution in [-0.2, 0) is 0 Å². The first-order valence-electron chi connectivity index (χ1n) is 4.28. The van der Waals surface area contributed by atoms with Gasteiger partial charge in [0.05, 0.1) is 0 Å². The average Bonchev–Trinajstić information content (AvgIpc) is 2.25. The van der Waals surface area contributed by atoms with Gasteiger partial charge in [-0.2, -0.15) is 0 Å². The summed E-state index contributed by atoms with van der Waals surface area (Å²) in [6, 6.07) is 9.23. The summed E-state index contributed by atoms with van der Waals surface area (Å²) in [7, 11) is 1.50. The molecule has 0 heterocycles. The Kier molecular flexibility index (Phi) is 11.6. The second-order valence-electron chi connectivity index (χ2n) is 1.78. The van der Waals surface area contributed by atoms with Crippen LogP contribution in [0.1, 0.15) is 19.4 Å². The summed E-state index contributed by atoms with van der Waals surface area (Å²) in [6.07, 6.45) is 0. The Balaban J connectivity index is 0. The highest BCUT2D eigenvalue weighted by molar-refractivity contribution is 5.94. The van der Waals surface area contributed by atoms with Crippen LogP contribution in [0.2, 0.25) is 0 Å². The Labute approximate surface area is 80.3 Å². The number of nitrogens with two attached hydrogens (primary N) is 2. The van der Waals surface area contributed by atoms with Gasteiger partial charge in [-0.25, -0.2) is 0 Å². The number of amidine groups is 1. The van der Waals surface area contributed by atoms with Gasteiger partial charge >= 0.3 is 0 Å². The Morgan fingerprint density at radius 3 is 1.69 bits per heavy atom. The summed E-state index contributed by atoms with van der Waals surface area (Å²) >= 11 is 0. The van der Waals surface area contributed by atoms with E-state index in [0.717, 1.165) is 5.56 Å². The van der Waals surface area contributed by atoms with Gasteiger partial charge in [-0.05, 0) is 7.05 Å². The summed E-state index contributed by atoms with van der Waals surface area (Å²) in [5.41, 5.74) is 10.5. The lowest BCUT2D eigenvalue weighted by Gasteiger charge is -1.93. The summed E-state index contributed by atoms with van der Waals surface area (Å²) in [5, 5.41) is 7.01. The van der Waals surface area contributed by atoms with Gasteiger partial charge in [-0.1, -0.05) is 44.2 Å². The largest absolute Gasteiger partial charge is 0.384 e. The number of nitrogens with one attached hydrogen (secondary N) is 1. The second kappa shape index (κ2) is 10.7. The van der Waals surface area contributed by atoms with Crippen LogP contribution in [0.25, 0.3) is 0 Å². The van der Waals surface area contributed by atoms with E-state index in [0.29, 0.717) is 0 Å². The van der Waals surface area contributed by atoms with E-state index in [2.05, 4.69) is 5.73 Å². The molecule has 0 aliphatic carbocycles. The van der Waals surface area contributed by atoms with Gasteiger partial charge in [-0.3, -0.25) is 5.41 Å².